The molecular weight excluding hydrogens is 480 g/mol. The van der Waals surface area contributed by atoms with Gasteiger partial charge in [0.2, 0.25) is 0 Å². The Morgan fingerprint density at radius 2 is 1.38 bits per heavy atom. The highest BCUT2D eigenvalue weighted by molar-refractivity contribution is 5.80. The molecular formula is C40H56. The number of fused-ring (bicyclic) bond motifs is 4. The molecule has 1 fully saturated rings. The largest absolute Gasteiger partial charge is 0.0727 e. The molecule has 0 bridgehead atoms. The Bertz CT molecular complexity index is 1380. The second kappa shape index (κ2) is 9.21. The summed E-state index contributed by atoms with van der Waals surface area (Å²) in [5.74, 6) is 1.05. The Balaban J connectivity index is 1.84. The zero-order valence-corrected chi connectivity index (χ0v) is 28.0. The van der Waals surface area contributed by atoms with Crippen molar-refractivity contribution in [3.05, 3.63) is 81.4 Å². The van der Waals surface area contributed by atoms with Crippen LogP contribution in [0.4, 0.5) is 0 Å². The molecule has 0 nitrogen and oxygen atoms in total. The normalized spacial score (nSPS) is 25.4. The first-order valence-electron chi connectivity index (χ1n) is 16.2. The monoisotopic (exact) mass is 536 g/mol. The predicted molar refractivity (Wildman–Crippen MR) is 175 cm³/mol. The first kappa shape index (κ1) is 29.4. The fourth-order valence-corrected chi connectivity index (χ4v) is 9.18. The summed E-state index contributed by atoms with van der Waals surface area (Å²) in [7, 11) is 0. The standard InChI is InChI=1S/C40H56/c1-14-39(15-2)25(4)40(16-3,34-24-28(23-33(34)39)37(8,9)10)35-31-22-26-21-27(36(5,6)7)17-18-29(26)30(31)19-20-32(35)38(11,12)13/h17-21,23-25,34H,14-16,22H2,1-13H3. The molecule has 0 heterocycles. The molecule has 0 aromatic heterocycles. The van der Waals surface area contributed by atoms with Gasteiger partial charge in [0, 0.05) is 11.3 Å². The molecule has 0 amide bonds. The smallest absolute Gasteiger partial charge is 0.00917 e. The molecule has 0 N–H and O–H groups in total. The summed E-state index contributed by atoms with van der Waals surface area (Å²) in [4.78, 5) is 0. The molecule has 1 saturated carbocycles. The maximum Gasteiger partial charge on any atom is 0.00917 e. The molecule has 0 radical (unpaired) electrons. The van der Waals surface area contributed by atoms with Crippen LogP contribution in [-0.4, -0.2) is 0 Å². The number of hydrogen-bond acceptors (Lipinski definition) is 0. The lowest BCUT2D eigenvalue weighted by Crippen LogP contribution is -2.41. The van der Waals surface area contributed by atoms with E-state index < -0.39 is 0 Å². The van der Waals surface area contributed by atoms with E-state index in [1.54, 1.807) is 27.8 Å². The van der Waals surface area contributed by atoms with E-state index in [0.29, 0.717) is 11.8 Å². The molecule has 2 aromatic rings. The summed E-state index contributed by atoms with van der Waals surface area (Å²) >= 11 is 0. The number of allylic oxidation sites excluding steroid dienone is 4. The number of benzene rings is 2. The van der Waals surface area contributed by atoms with Crippen LogP contribution in [0.1, 0.15) is 137 Å². The molecule has 216 valence electrons. The van der Waals surface area contributed by atoms with E-state index in [4.69, 9.17) is 0 Å². The molecule has 5 rings (SSSR count). The van der Waals surface area contributed by atoms with Crippen molar-refractivity contribution in [2.75, 3.05) is 0 Å². The van der Waals surface area contributed by atoms with Gasteiger partial charge in [-0.15, -0.1) is 0 Å². The fourth-order valence-electron chi connectivity index (χ4n) is 9.18. The average Bonchev–Trinajstić information content (AvgIpc) is 3.52. The van der Waals surface area contributed by atoms with E-state index in [1.807, 2.05) is 0 Å². The highest BCUT2D eigenvalue weighted by Crippen LogP contribution is 2.70. The van der Waals surface area contributed by atoms with Crippen molar-refractivity contribution < 1.29 is 0 Å². The van der Waals surface area contributed by atoms with Crippen LogP contribution >= 0.6 is 0 Å². The van der Waals surface area contributed by atoms with Crippen molar-refractivity contribution >= 4 is 0 Å². The van der Waals surface area contributed by atoms with E-state index in [-0.39, 0.29) is 27.1 Å². The molecule has 0 heteroatoms. The van der Waals surface area contributed by atoms with Gasteiger partial charge in [-0.05, 0) is 97.8 Å². The van der Waals surface area contributed by atoms with Crippen molar-refractivity contribution in [1.29, 1.82) is 0 Å². The topological polar surface area (TPSA) is 0 Å². The van der Waals surface area contributed by atoms with Crippen LogP contribution in [-0.2, 0) is 22.7 Å². The molecule has 0 saturated heterocycles. The molecule has 0 spiro atoms. The minimum absolute atomic E-state index is 0.0837. The van der Waals surface area contributed by atoms with Crippen molar-refractivity contribution in [3.8, 4) is 11.1 Å². The third kappa shape index (κ3) is 3.98. The van der Waals surface area contributed by atoms with E-state index in [0.717, 1.165) is 6.42 Å². The van der Waals surface area contributed by atoms with Gasteiger partial charge in [-0.3, -0.25) is 0 Å². The van der Waals surface area contributed by atoms with Gasteiger partial charge in [0.1, 0.15) is 0 Å². The van der Waals surface area contributed by atoms with Crippen LogP contribution in [0, 0.1) is 22.7 Å². The Hall–Kier alpha value is -2.08. The SMILES string of the molecule is CCC1(CC)C2=CC(C(C)(C)C)=CC2C(CC)(c2c(C(C)(C)C)ccc3c2Cc2cc(C(C)(C)C)ccc2-3)C1C. The van der Waals surface area contributed by atoms with Crippen LogP contribution < -0.4 is 0 Å². The third-order valence-electron chi connectivity index (χ3n) is 11.7. The number of rotatable bonds is 4. The summed E-state index contributed by atoms with van der Waals surface area (Å²) < 4.78 is 0. The lowest BCUT2D eigenvalue weighted by atomic mass is 9.57. The van der Waals surface area contributed by atoms with E-state index in [1.165, 1.54) is 41.5 Å². The fraction of sp³-hybridized carbons (Fsp3) is 0.600. The van der Waals surface area contributed by atoms with Crippen molar-refractivity contribution in [3.63, 3.8) is 0 Å². The minimum atomic E-state index is 0.0837. The Morgan fingerprint density at radius 3 is 1.90 bits per heavy atom. The molecule has 0 aliphatic heterocycles. The lowest BCUT2D eigenvalue weighted by Gasteiger charge is -2.46. The molecule has 3 atom stereocenters. The lowest BCUT2D eigenvalue weighted by molar-refractivity contribution is 0.159. The van der Waals surface area contributed by atoms with Gasteiger partial charge in [-0.1, -0.05) is 138 Å². The van der Waals surface area contributed by atoms with E-state index >= 15 is 0 Å². The van der Waals surface area contributed by atoms with E-state index in [2.05, 4.69) is 132 Å². The molecule has 3 aliphatic carbocycles. The highest BCUT2D eigenvalue weighted by atomic mass is 14.7. The van der Waals surface area contributed by atoms with Gasteiger partial charge in [0.25, 0.3) is 0 Å². The molecule has 3 unspecified atom stereocenters. The summed E-state index contributed by atoms with van der Waals surface area (Å²) in [5.41, 5.74) is 14.9. The molecule has 40 heavy (non-hydrogen) atoms. The highest BCUT2D eigenvalue weighted by Gasteiger charge is 2.63. The van der Waals surface area contributed by atoms with Crippen molar-refractivity contribution in [2.24, 2.45) is 22.7 Å². The molecule has 3 aliphatic rings. The third-order valence-corrected chi connectivity index (χ3v) is 11.7. The van der Waals surface area contributed by atoms with Gasteiger partial charge in [-0.2, -0.15) is 0 Å². The quantitative estimate of drug-likeness (QED) is 0.311. The minimum Gasteiger partial charge on any atom is -0.0727 e. The van der Waals surface area contributed by atoms with Gasteiger partial charge in [0.05, 0.1) is 0 Å². The summed E-state index contributed by atoms with van der Waals surface area (Å²) in [6.07, 6.45) is 10.1. The van der Waals surface area contributed by atoms with Gasteiger partial charge in [-0.25, -0.2) is 0 Å². The van der Waals surface area contributed by atoms with Gasteiger partial charge >= 0.3 is 0 Å². The Labute approximate surface area is 246 Å². The van der Waals surface area contributed by atoms with Crippen LogP contribution in [0.5, 0.6) is 0 Å². The van der Waals surface area contributed by atoms with Crippen molar-refractivity contribution in [2.45, 2.75) is 132 Å². The van der Waals surface area contributed by atoms with Crippen LogP contribution in [0.2, 0.25) is 0 Å². The maximum absolute atomic E-state index is 2.73. The summed E-state index contributed by atoms with van der Waals surface area (Å²) in [6.45, 7) is 31.6. The first-order chi connectivity index (χ1) is 18.5. The summed E-state index contributed by atoms with van der Waals surface area (Å²) in [6, 6.07) is 12.3. The van der Waals surface area contributed by atoms with E-state index in [9.17, 15) is 0 Å². The molecule has 2 aromatic carbocycles. The van der Waals surface area contributed by atoms with Crippen LogP contribution in [0.15, 0.2) is 53.6 Å². The zero-order chi connectivity index (χ0) is 29.6. The zero-order valence-electron chi connectivity index (χ0n) is 28.0. The second-order valence-corrected chi connectivity index (χ2v) is 16.5. The number of hydrogen-bond donors (Lipinski definition) is 0. The average molecular weight is 537 g/mol. The predicted octanol–water partition coefficient (Wildman–Crippen LogP) is 11.5. The second-order valence-electron chi connectivity index (χ2n) is 16.5. The van der Waals surface area contributed by atoms with Crippen LogP contribution in [0.3, 0.4) is 0 Å². The first-order valence-corrected chi connectivity index (χ1v) is 16.2. The summed E-state index contributed by atoms with van der Waals surface area (Å²) in [5, 5.41) is 0. The Kier molecular flexibility index (Phi) is 6.77. The van der Waals surface area contributed by atoms with Crippen molar-refractivity contribution in [1.82, 2.24) is 0 Å². The van der Waals surface area contributed by atoms with Gasteiger partial charge < -0.3 is 0 Å². The maximum atomic E-state index is 2.73. The van der Waals surface area contributed by atoms with Crippen LogP contribution in [0.25, 0.3) is 11.1 Å². The van der Waals surface area contributed by atoms with Gasteiger partial charge in [0.15, 0.2) is 0 Å². The Morgan fingerprint density at radius 1 is 0.750 bits per heavy atom.